The van der Waals surface area contributed by atoms with E-state index in [9.17, 15) is 0 Å². The summed E-state index contributed by atoms with van der Waals surface area (Å²) in [7, 11) is 0. The van der Waals surface area contributed by atoms with Gasteiger partial charge in [-0.3, -0.25) is 20.6 Å². The van der Waals surface area contributed by atoms with Crippen LogP contribution in [0.5, 0.6) is 0 Å². The van der Waals surface area contributed by atoms with Crippen LogP contribution in [0.4, 0.5) is 0 Å². The first-order valence-electron chi connectivity index (χ1n) is 8.42. The molecule has 0 aliphatic carbocycles. The van der Waals surface area contributed by atoms with E-state index in [0.29, 0.717) is 0 Å². The molecule has 0 fully saturated rings. The van der Waals surface area contributed by atoms with Crippen LogP contribution in [0.1, 0.15) is 34.2 Å². The molecule has 0 spiro atoms. The summed E-state index contributed by atoms with van der Waals surface area (Å²) in [4.78, 5) is 0. The van der Waals surface area contributed by atoms with E-state index in [-0.39, 0.29) is 17.1 Å². The first-order valence-corrected chi connectivity index (χ1v) is 8.42. The fourth-order valence-electron chi connectivity index (χ4n) is 2.76. The number of hydrogen-bond acceptors (Lipinski definition) is 3. The molecule has 0 atom stereocenters. The monoisotopic (exact) mass is 405 g/mol. The van der Waals surface area contributed by atoms with Crippen molar-refractivity contribution >= 4 is 0 Å². The average molecular weight is 405 g/mol. The number of nitrogens with zero attached hydrogens (tertiary/aromatic N) is 6. The molecule has 0 aromatic carbocycles. The second-order valence-electron chi connectivity index (χ2n) is 6.24. The van der Waals surface area contributed by atoms with Gasteiger partial charge in [-0.15, -0.1) is 0 Å². The summed E-state index contributed by atoms with van der Waals surface area (Å²) in [6.07, 6.45) is 3.72. The van der Waals surface area contributed by atoms with E-state index in [1.807, 2.05) is 55.6 Å². The van der Waals surface area contributed by atoms with E-state index in [1.165, 1.54) is 12.2 Å². The molecule has 27 heavy (non-hydrogen) atoms. The summed E-state index contributed by atoms with van der Waals surface area (Å²) in [5, 5.41) is 13.9. The van der Waals surface area contributed by atoms with Gasteiger partial charge in [0.25, 0.3) is 0 Å². The van der Waals surface area contributed by atoms with Crippen LogP contribution >= 0.6 is 0 Å². The van der Waals surface area contributed by atoms with Crippen LogP contribution < -0.4 is 0 Å². The molecule has 7 heteroatoms. The molecule has 0 amide bonds. The SMILES string of the molecule is Cc1cc(C)n([C-](n2nc(C)cc2C)n2nc(C)cc2C)n1.[CH-]=CC=C.[Mn+2]. The van der Waals surface area contributed by atoms with Crippen LogP contribution in [0, 0.1) is 54.4 Å². The predicted octanol–water partition coefficient (Wildman–Crippen LogP) is 3.68. The van der Waals surface area contributed by atoms with Gasteiger partial charge in [-0.2, -0.15) is 21.9 Å². The minimum Gasteiger partial charge on any atom is -0.293 e. The Morgan fingerprint density at radius 2 is 1.04 bits per heavy atom. The van der Waals surface area contributed by atoms with Crippen LogP contribution in [-0.4, -0.2) is 29.3 Å². The Morgan fingerprint density at radius 1 is 0.778 bits per heavy atom. The minimum absolute atomic E-state index is 0. The fraction of sp³-hybridized carbons (Fsp3) is 0.300. The van der Waals surface area contributed by atoms with Gasteiger partial charge >= 0.3 is 17.1 Å². The van der Waals surface area contributed by atoms with E-state index in [4.69, 9.17) is 6.58 Å². The van der Waals surface area contributed by atoms with Gasteiger partial charge in [0, 0.05) is 17.1 Å². The molecule has 0 bridgehead atoms. The Bertz CT molecular complexity index is 799. The molecule has 143 valence electrons. The van der Waals surface area contributed by atoms with Gasteiger partial charge < -0.3 is 0 Å². The number of aryl methyl sites for hydroxylation is 6. The fourth-order valence-corrected chi connectivity index (χ4v) is 2.76. The van der Waals surface area contributed by atoms with Gasteiger partial charge in [-0.25, -0.2) is 12.2 Å². The van der Waals surface area contributed by atoms with Crippen molar-refractivity contribution in [3.05, 3.63) is 84.0 Å². The molecule has 0 saturated heterocycles. The van der Waals surface area contributed by atoms with Crippen molar-refractivity contribution in [2.45, 2.75) is 41.5 Å². The van der Waals surface area contributed by atoms with Gasteiger partial charge in [-0.1, -0.05) is 39.0 Å². The summed E-state index contributed by atoms with van der Waals surface area (Å²) < 4.78 is 5.69. The quantitative estimate of drug-likeness (QED) is 0.378. The van der Waals surface area contributed by atoms with Crippen molar-refractivity contribution in [1.29, 1.82) is 0 Å². The Morgan fingerprint density at radius 3 is 1.19 bits per heavy atom. The molecule has 3 heterocycles. The van der Waals surface area contributed by atoms with Crippen LogP contribution in [0.2, 0.25) is 0 Å². The number of aromatic nitrogens is 6. The van der Waals surface area contributed by atoms with Gasteiger partial charge in [0.1, 0.15) is 0 Å². The maximum absolute atomic E-state index is 4.78. The molecule has 0 unspecified atom stereocenters. The van der Waals surface area contributed by atoms with Crippen molar-refractivity contribution in [2.75, 3.05) is 0 Å². The second-order valence-corrected chi connectivity index (χ2v) is 6.24. The molecule has 1 radical (unpaired) electrons. The topological polar surface area (TPSA) is 53.5 Å². The van der Waals surface area contributed by atoms with E-state index in [0.717, 1.165) is 40.5 Å². The predicted molar refractivity (Wildman–Crippen MR) is 104 cm³/mol. The van der Waals surface area contributed by atoms with Crippen LogP contribution in [-0.2, 0) is 17.1 Å². The maximum atomic E-state index is 4.78. The van der Waals surface area contributed by atoms with Crippen molar-refractivity contribution in [2.24, 2.45) is 0 Å². The summed E-state index contributed by atoms with van der Waals surface area (Å²) >= 11 is 0. The molecular formula is C20H26MnN6. The van der Waals surface area contributed by atoms with Crippen molar-refractivity contribution in [3.63, 3.8) is 0 Å². The first kappa shape index (κ1) is 22.5. The third-order valence-electron chi connectivity index (χ3n) is 3.73. The average Bonchev–Trinajstić information content (AvgIpc) is 3.19. The molecule has 0 N–H and O–H groups in total. The number of rotatable bonds is 4. The minimum atomic E-state index is 0. The van der Waals surface area contributed by atoms with Crippen molar-refractivity contribution in [3.8, 4) is 0 Å². The van der Waals surface area contributed by atoms with E-state index < -0.39 is 0 Å². The molecule has 0 saturated carbocycles. The second kappa shape index (κ2) is 9.44. The Hall–Kier alpha value is -2.50. The smallest absolute Gasteiger partial charge is 0.293 e. The van der Waals surface area contributed by atoms with E-state index >= 15 is 0 Å². The summed E-state index contributed by atoms with van der Waals surface area (Å²) in [5.41, 5.74) is 6.06. The maximum Gasteiger partial charge on any atom is 2.00 e. The normalized spacial score (nSPS) is 9.85. The van der Waals surface area contributed by atoms with Crippen molar-refractivity contribution < 1.29 is 17.1 Å². The summed E-state index contributed by atoms with van der Waals surface area (Å²) in [5.74, 6) is 0. The number of allylic oxidation sites excluding steroid dienone is 2. The van der Waals surface area contributed by atoms with Crippen LogP contribution in [0.15, 0.2) is 36.9 Å². The molecule has 3 aromatic heterocycles. The molecule has 6 nitrogen and oxygen atoms in total. The third-order valence-corrected chi connectivity index (χ3v) is 3.73. The van der Waals surface area contributed by atoms with Crippen LogP contribution in [0.3, 0.4) is 0 Å². The van der Waals surface area contributed by atoms with Gasteiger partial charge in [0.15, 0.2) is 6.29 Å². The molecule has 0 aliphatic heterocycles. The molecule has 3 aromatic rings. The Labute approximate surface area is 172 Å². The molecular weight excluding hydrogens is 379 g/mol. The third kappa shape index (κ3) is 5.02. The van der Waals surface area contributed by atoms with Crippen LogP contribution in [0.25, 0.3) is 0 Å². The van der Waals surface area contributed by atoms with Gasteiger partial charge in [-0.05, 0) is 37.9 Å². The zero-order chi connectivity index (χ0) is 19.4. The zero-order valence-electron chi connectivity index (χ0n) is 16.7. The van der Waals surface area contributed by atoms with Gasteiger partial charge in [0.05, 0.1) is 0 Å². The number of hydrogen-bond donors (Lipinski definition) is 0. The van der Waals surface area contributed by atoms with E-state index in [1.54, 1.807) is 0 Å². The van der Waals surface area contributed by atoms with Crippen molar-refractivity contribution in [1.82, 2.24) is 29.3 Å². The summed E-state index contributed by atoms with van der Waals surface area (Å²) in [6, 6.07) is 6.16. The summed E-state index contributed by atoms with van der Waals surface area (Å²) in [6.45, 7) is 20.2. The molecule has 0 aliphatic rings. The largest absolute Gasteiger partial charge is 2.00 e. The molecule has 3 rings (SSSR count). The Kier molecular flexibility index (Phi) is 7.88. The first-order chi connectivity index (χ1) is 12.3. The van der Waals surface area contributed by atoms with Gasteiger partial charge in [0.2, 0.25) is 0 Å². The standard InChI is InChI=1S/C16H21N6.C4H5.Mn/c1-10-7-13(4)20(17-10)16(21-14(5)8-11(2)18-21)22-15(6)9-12(3)19-22;1-3-4-2;/h7-9H,1-6H3;1,3-4H,2H2;/q2*-1;+2. The van der Waals surface area contributed by atoms with E-state index in [2.05, 4.69) is 40.1 Å². The zero-order valence-corrected chi connectivity index (χ0v) is 17.9. The Balaban J connectivity index is 0.000000666.